The summed E-state index contributed by atoms with van der Waals surface area (Å²) in [6.45, 7) is 10.5. The van der Waals surface area contributed by atoms with Gasteiger partial charge in [-0.25, -0.2) is 4.79 Å². The van der Waals surface area contributed by atoms with E-state index in [9.17, 15) is 24.3 Å². The minimum atomic E-state index is -1.35. The number of amides is 4. The number of aromatic hydroxyl groups is 1. The highest BCUT2D eigenvalue weighted by atomic mass is 16.6. The third-order valence-corrected chi connectivity index (χ3v) is 6.54. The predicted octanol–water partition coefficient (Wildman–Crippen LogP) is 3.69. The minimum Gasteiger partial charge on any atom is -0.508 e. The SMILES string of the molecule is Cc1cc(C(C(=O)Nc2ccccc2C)N(C(=O)C(CC(N)=O)NC(=O)OC(C)(C)C)C2CC2C)ccc1O. The Morgan fingerprint density at radius 1 is 1.10 bits per heavy atom. The fraction of sp³-hybridized carbons (Fsp3) is 0.448. The number of para-hydroxylation sites is 1. The van der Waals surface area contributed by atoms with Gasteiger partial charge in [-0.2, -0.15) is 0 Å². The summed E-state index contributed by atoms with van der Waals surface area (Å²) in [6.07, 6.45) is -0.726. The molecular formula is C29H38N4O6. The van der Waals surface area contributed by atoms with E-state index in [0.717, 1.165) is 5.56 Å². The lowest BCUT2D eigenvalue weighted by molar-refractivity contribution is -0.142. The lowest BCUT2D eigenvalue weighted by atomic mass is 9.99. The molecule has 0 aliphatic heterocycles. The highest BCUT2D eigenvalue weighted by molar-refractivity contribution is 6.00. The van der Waals surface area contributed by atoms with Crippen molar-refractivity contribution in [1.82, 2.24) is 10.2 Å². The van der Waals surface area contributed by atoms with Crippen LogP contribution in [0.3, 0.4) is 0 Å². The van der Waals surface area contributed by atoms with E-state index in [-0.39, 0.29) is 17.7 Å². The number of nitrogens with one attached hydrogen (secondary N) is 2. The van der Waals surface area contributed by atoms with Gasteiger partial charge in [0.05, 0.1) is 6.42 Å². The van der Waals surface area contributed by atoms with Crippen molar-refractivity contribution >= 4 is 29.5 Å². The van der Waals surface area contributed by atoms with Gasteiger partial charge in [-0.1, -0.05) is 31.2 Å². The molecule has 39 heavy (non-hydrogen) atoms. The third-order valence-electron chi connectivity index (χ3n) is 6.54. The summed E-state index contributed by atoms with van der Waals surface area (Å²) in [7, 11) is 0. The number of carbonyl (C=O) groups excluding carboxylic acids is 4. The van der Waals surface area contributed by atoms with Crippen molar-refractivity contribution in [2.75, 3.05) is 5.32 Å². The Labute approximate surface area is 228 Å². The quantitative estimate of drug-likeness (QED) is 0.382. The maximum Gasteiger partial charge on any atom is 0.408 e. The second-order valence-electron chi connectivity index (χ2n) is 11.1. The smallest absolute Gasteiger partial charge is 0.408 e. The lowest BCUT2D eigenvalue weighted by Gasteiger charge is -2.35. The van der Waals surface area contributed by atoms with Crippen molar-refractivity contribution in [1.29, 1.82) is 0 Å². The summed E-state index contributed by atoms with van der Waals surface area (Å²) >= 11 is 0. The number of alkyl carbamates (subject to hydrolysis) is 1. The zero-order chi connectivity index (χ0) is 29.1. The molecule has 3 rings (SSSR count). The number of carbonyl (C=O) groups is 4. The molecular weight excluding hydrogens is 500 g/mol. The third kappa shape index (κ3) is 7.72. The number of phenols is 1. The largest absolute Gasteiger partial charge is 0.508 e. The number of primary amides is 1. The zero-order valence-corrected chi connectivity index (χ0v) is 23.3. The zero-order valence-electron chi connectivity index (χ0n) is 23.3. The average Bonchev–Trinajstić information content (AvgIpc) is 3.54. The van der Waals surface area contributed by atoms with Gasteiger partial charge >= 0.3 is 6.09 Å². The molecule has 10 heteroatoms. The van der Waals surface area contributed by atoms with Gasteiger partial charge in [-0.3, -0.25) is 14.4 Å². The maximum absolute atomic E-state index is 14.1. The molecule has 4 amide bonds. The molecule has 1 fully saturated rings. The van der Waals surface area contributed by atoms with Crippen LogP contribution in [0.2, 0.25) is 0 Å². The number of phenolic OH excluding ortho intramolecular Hbond substituents is 1. The van der Waals surface area contributed by atoms with Crippen molar-refractivity contribution in [3.8, 4) is 5.75 Å². The molecule has 0 spiro atoms. The number of nitrogens with two attached hydrogens (primary N) is 1. The fourth-order valence-corrected chi connectivity index (χ4v) is 4.40. The van der Waals surface area contributed by atoms with Gasteiger partial charge in [0.2, 0.25) is 11.8 Å². The molecule has 2 aromatic carbocycles. The Morgan fingerprint density at radius 3 is 2.28 bits per heavy atom. The number of hydrogen-bond donors (Lipinski definition) is 4. The highest BCUT2D eigenvalue weighted by Crippen LogP contribution is 2.41. The normalized spacial score (nSPS) is 17.9. The molecule has 0 saturated heterocycles. The Bertz CT molecular complexity index is 1250. The van der Waals surface area contributed by atoms with E-state index in [4.69, 9.17) is 10.5 Å². The molecule has 0 heterocycles. The Hall–Kier alpha value is -4.08. The molecule has 5 N–H and O–H groups in total. The molecule has 4 atom stereocenters. The summed E-state index contributed by atoms with van der Waals surface area (Å²) in [5.74, 6) is -1.78. The van der Waals surface area contributed by atoms with Crippen molar-refractivity contribution in [3.63, 3.8) is 0 Å². The van der Waals surface area contributed by atoms with Gasteiger partial charge in [-0.15, -0.1) is 0 Å². The summed E-state index contributed by atoms with van der Waals surface area (Å²) in [5.41, 5.74) is 7.02. The van der Waals surface area contributed by atoms with Crippen LogP contribution in [0.1, 0.15) is 63.3 Å². The summed E-state index contributed by atoms with van der Waals surface area (Å²) in [5, 5.41) is 15.5. The Kier molecular flexibility index (Phi) is 8.88. The molecule has 1 saturated carbocycles. The van der Waals surface area contributed by atoms with Gasteiger partial charge in [-0.05, 0) is 81.8 Å². The molecule has 4 unspecified atom stereocenters. The first-order chi connectivity index (χ1) is 18.2. The molecule has 1 aliphatic rings. The first-order valence-corrected chi connectivity index (χ1v) is 12.9. The van der Waals surface area contributed by atoms with E-state index in [1.165, 1.54) is 11.0 Å². The summed E-state index contributed by atoms with van der Waals surface area (Å²) in [4.78, 5) is 54.0. The van der Waals surface area contributed by atoms with Gasteiger partial charge in [0, 0.05) is 11.7 Å². The van der Waals surface area contributed by atoms with Crippen LogP contribution in [0.5, 0.6) is 5.75 Å². The van der Waals surface area contributed by atoms with Crippen LogP contribution in [-0.4, -0.2) is 51.5 Å². The van der Waals surface area contributed by atoms with Crippen LogP contribution < -0.4 is 16.4 Å². The van der Waals surface area contributed by atoms with Crippen LogP contribution in [0, 0.1) is 19.8 Å². The van der Waals surface area contributed by atoms with E-state index in [1.807, 2.05) is 26.0 Å². The topological polar surface area (TPSA) is 151 Å². The number of anilines is 1. The second-order valence-corrected chi connectivity index (χ2v) is 11.1. The summed E-state index contributed by atoms with van der Waals surface area (Å²) < 4.78 is 5.31. The van der Waals surface area contributed by atoms with E-state index in [2.05, 4.69) is 10.6 Å². The average molecular weight is 539 g/mol. The first kappa shape index (κ1) is 29.5. The fourth-order valence-electron chi connectivity index (χ4n) is 4.40. The van der Waals surface area contributed by atoms with Crippen LogP contribution >= 0.6 is 0 Å². The number of ether oxygens (including phenoxy) is 1. The molecule has 2 aromatic rings. The molecule has 0 bridgehead atoms. The Balaban J connectivity index is 2.06. The molecule has 10 nitrogen and oxygen atoms in total. The van der Waals surface area contributed by atoms with Crippen molar-refractivity contribution in [2.45, 2.75) is 78.1 Å². The monoisotopic (exact) mass is 538 g/mol. The lowest BCUT2D eigenvalue weighted by Crippen LogP contribution is -2.54. The van der Waals surface area contributed by atoms with Crippen LogP contribution in [0.4, 0.5) is 10.5 Å². The first-order valence-electron chi connectivity index (χ1n) is 12.9. The number of aryl methyl sites for hydroxylation is 2. The number of hydrogen-bond acceptors (Lipinski definition) is 6. The second kappa shape index (κ2) is 11.8. The molecule has 1 aliphatic carbocycles. The van der Waals surface area contributed by atoms with E-state index in [1.54, 1.807) is 52.0 Å². The van der Waals surface area contributed by atoms with E-state index >= 15 is 0 Å². The van der Waals surface area contributed by atoms with Gasteiger partial charge < -0.3 is 31.1 Å². The number of benzene rings is 2. The van der Waals surface area contributed by atoms with Crippen LogP contribution in [0.25, 0.3) is 0 Å². The van der Waals surface area contributed by atoms with E-state index < -0.39 is 47.9 Å². The number of nitrogens with zero attached hydrogens (tertiary/aromatic N) is 1. The van der Waals surface area contributed by atoms with Crippen molar-refractivity contribution in [2.24, 2.45) is 11.7 Å². The van der Waals surface area contributed by atoms with E-state index in [0.29, 0.717) is 23.2 Å². The van der Waals surface area contributed by atoms with Crippen molar-refractivity contribution in [3.05, 3.63) is 59.2 Å². The standard InChI is InChI=1S/C29H38N4O6/c1-16-9-7-8-10-20(16)31-26(36)25(19-11-12-23(34)18(3)13-19)33(22-14-17(22)2)27(37)21(15-24(30)35)32-28(38)39-29(4,5)6/h7-13,17,21-22,25,34H,14-15H2,1-6H3,(H2,30,35)(H,31,36)(H,32,38). The number of rotatable bonds is 9. The van der Waals surface area contributed by atoms with Crippen LogP contribution in [0.15, 0.2) is 42.5 Å². The van der Waals surface area contributed by atoms with Gasteiger partial charge in [0.1, 0.15) is 23.4 Å². The highest BCUT2D eigenvalue weighted by Gasteiger charge is 2.48. The van der Waals surface area contributed by atoms with Gasteiger partial charge in [0.15, 0.2) is 0 Å². The maximum atomic E-state index is 14.1. The van der Waals surface area contributed by atoms with Crippen LogP contribution in [-0.2, 0) is 19.1 Å². The predicted molar refractivity (Wildman–Crippen MR) is 147 cm³/mol. The summed E-state index contributed by atoms with van der Waals surface area (Å²) in [6, 6.07) is 9.17. The Morgan fingerprint density at radius 2 is 1.74 bits per heavy atom. The minimum absolute atomic E-state index is 0.0488. The molecule has 210 valence electrons. The van der Waals surface area contributed by atoms with Crippen molar-refractivity contribution < 1.29 is 29.0 Å². The molecule has 0 radical (unpaired) electrons. The molecule has 0 aromatic heterocycles. The van der Waals surface area contributed by atoms with Gasteiger partial charge in [0.25, 0.3) is 5.91 Å².